The summed E-state index contributed by atoms with van der Waals surface area (Å²) in [6.45, 7) is 2.65. The molecule has 3 nitrogen and oxygen atoms in total. The van der Waals surface area contributed by atoms with E-state index >= 15 is 0 Å². The number of nitrogen functional groups attached to an aromatic ring is 1. The van der Waals surface area contributed by atoms with Crippen molar-refractivity contribution in [1.82, 2.24) is 4.98 Å². The minimum atomic E-state index is 0.666. The third-order valence-electron chi connectivity index (χ3n) is 2.80. The van der Waals surface area contributed by atoms with Crippen molar-refractivity contribution in [2.45, 2.75) is 6.92 Å². The van der Waals surface area contributed by atoms with Gasteiger partial charge in [-0.15, -0.1) is 11.3 Å². The van der Waals surface area contributed by atoms with Crippen LogP contribution in [-0.4, -0.2) is 11.6 Å². The summed E-state index contributed by atoms with van der Waals surface area (Å²) in [6.07, 6.45) is 0. The number of hydrogen-bond donors (Lipinski definition) is 1. The molecule has 0 fully saturated rings. The SMILES string of the molecule is CCOc1cccc(-c2nc3ccc(N)cc3s2)c1. The fourth-order valence-electron chi connectivity index (χ4n) is 1.95. The van der Waals surface area contributed by atoms with Gasteiger partial charge in [0.2, 0.25) is 0 Å². The Labute approximate surface area is 115 Å². The molecule has 2 N–H and O–H groups in total. The molecular formula is C15H14N2OS. The number of ether oxygens (including phenoxy) is 1. The number of thiazole rings is 1. The van der Waals surface area contributed by atoms with Crippen LogP contribution in [0.5, 0.6) is 5.75 Å². The molecule has 4 heteroatoms. The lowest BCUT2D eigenvalue weighted by atomic mass is 10.2. The van der Waals surface area contributed by atoms with Gasteiger partial charge in [-0.3, -0.25) is 0 Å². The van der Waals surface area contributed by atoms with E-state index in [1.54, 1.807) is 11.3 Å². The standard InChI is InChI=1S/C15H14N2OS/c1-2-18-12-5-3-4-10(8-12)15-17-13-7-6-11(16)9-14(13)19-15/h3-9H,2,16H2,1H3. The largest absolute Gasteiger partial charge is 0.494 e. The van der Waals surface area contributed by atoms with Crippen LogP contribution in [0.25, 0.3) is 20.8 Å². The molecule has 0 atom stereocenters. The topological polar surface area (TPSA) is 48.1 Å². The van der Waals surface area contributed by atoms with Crippen molar-refractivity contribution in [3.8, 4) is 16.3 Å². The second kappa shape index (κ2) is 4.90. The van der Waals surface area contributed by atoms with Gasteiger partial charge in [0.05, 0.1) is 16.8 Å². The van der Waals surface area contributed by atoms with E-state index in [0.717, 1.165) is 32.2 Å². The Hall–Kier alpha value is -2.07. The predicted octanol–water partition coefficient (Wildman–Crippen LogP) is 3.94. The molecule has 0 bridgehead atoms. The number of fused-ring (bicyclic) bond motifs is 1. The summed E-state index contributed by atoms with van der Waals surface area (Å²) in [5.74, 6) is 0.874. The first-order valence-corrected chi connectivity index (χ1v) is 6.97. The average molecular weight is 270 g/mol. The highest BCUT2D eigenvalue weighted by Crippen LogP contribution is 2.32. The van der Waals surface area contributed by atoms with Crippen LogP contribution in [0.2, 0.25) is 0 Å². The quantitative estimate of drug-likeness (QED) is 0.733. The van der Waals surface area contributed by atoms with Crippen molar-refractivity contribution < 1.29 is 4.74 Å². The monoisotopic (exact) mass is 270 g/mol. The Balaban J connectivity index is 2.05. The number of benzene rings is 2. The Kier molecular flexibility index (Phi) is 3.09. The van der Waals surface area contributed by atoms with Crippen LogP contribution < -0.4 is 10.5 Å². The third kappa shape index (κ3) is 2.39. The molecule has 0 amide bonds. The van der Waals surface area contributed by atoms with E-state index in [4.69, 9.17) is 10.5 Å². The third-order valence-corrected chi connectivity index (χ3v) is 3.87. The maximum atomic E-state index is 5.79. The van der Waals surface area contributed by atoms with E-state index in [9.17, 15) is 0 Å². The van der Waals surface area contributed by atoms with Gasteiger partial charge in [0.1, 0.15) is 10.8 Å². The first-order chi connectivity index (χ1) is 9.26. The fraction of sp³-hybridized carbons (Fsp3) is 0.133. The second-order valence-electron chi connectivity index (χ2n) is 4.21. The maximum Gasteiger partial charge on any atom is 0.124 e. The van der Waals surface area contributed by atoms with Crippen LogP contribution in [0.4, 0.5) is 5.69 Å². The van der Waals surface area contributed by atoms with E-state index in [-0.39, 0.29) is 0 Å². The first-order valence-electron chi connectivity index (χ1n) is 6.15. The van der Waals surface area contributed by atoms with Crippen molar-refractivity contribution in [2.24, 2.45) is 0 Å². The summed E-state index contributed by atoms with van der Waals surface area (Å²) in [5.41, 5.74) is 8.62. The molecule has 2 aromatic carbocycles. The normalized spacial score (nSPS) is 10.8. The van der Waals surface area contributed by atoms with Crippen LogP contribution in [-0.2, 0) is 0 Å². The predicted molar refractivity (Wildman–Crippen MR) is 80.6 cm³/mol. The van der Waals surface area contributed by atoms with Crippen molar-refractivity contribution in [3.63, 3.8) is 0 Å². The smallest absolute Gasteiger partial charge is 0.124 e. The number of anilines is 1. The van der Waals surface area contributed by atoms with Crippen LogP contribution in [0.1, 0.15) is 6.92 Å². The molecule has 1 aromatic heterocycles. The van der Waals surface area contributed by atoms with Gasteiger partial charge in [-0.05, 0) is 37.3 Å². The van der Waals surface area contributed by atoms with E-state index in [2.05, 4.69) is 4.98 Å². The van der Waals surface area contributed by atoms with E-state index in [1.807, 2.05) is 49.4 Å². The highest BCUT2D eigenvalue weighted by Gasteiger charge is 2.07. The highest BCUT2D eigenvalue weighted by molar-refractivity contribution is 7.21. The summed E-state index contributed by atoms with van der Waals surface area (Å²) in [6, 6.07) is 13.8. The van der Waals surface area contributed by atoms with Gasteiger partial charge in [-0.25, -0.2) is 4.98 Å². The summed E-state index contributed by atoms with van der Waals surface area (Å²) < 4.78 is 6.63. The van der Waals surface area contributed by atoms with E-state index < -0.39 is 0 Å². The van der Waals surface area contributed by atoms with Crippen molar-refractivity contribution >= 4 is 27.2 Å². The number of hydrogen-bond acceptors (Lipinski definition) is 4. The molecular weight excluding hydrogens is 256 g/mol. The zero-order valence-electron chi connectivity index (χ0n) is 10.6. The molecule has 3 aromatic rings. The zero-order chi connectivity index (χ0) is 13.2. The van der Waals surface area contributed by atoms with Gasteiger partial charge >= 0.3 is 0 Å². The number of aromatic nitrogens is 1. The summed E-state index contributed by atoms with van der Waals surface area (Å²) in [5, 5.41) is 0.988. The van der Waals surface area contributed by atoms with E-state index in [0.29, 0.717) is 6.61 Å². The molecule has 0 spiro atoms. The number of nitrogens with zero attached hydrogens (tertiary/aromatic N) is 1. The van der Waals surface area contributed by atoms with Crippen molar-refractivity contribution in [3.05, 3.63) is 42.5 Å². The Morgan fingerprint density at radius 1 is 1.21 bits per heavy atom. The van der Waals surface area contributed by atoms with Crippen LogP contribution >= 0.6 is 11.3 Å². The summed E-state index contributed by atoms with van der Waals surface area (Å²) in [4.78, 5) is 4.63. The fourth-order valence-corrected chi connectivity index (χ4v) is 2.96. The molecule has 19 heavy (non-hydrogen) atoms. The lowest BCUT2D eigenvalue weighted by molar-refractivity contribution is 0.340. The molecule has 0 aliphatic carbocycles. The summed E-state index contributed by atoms with van der Waals surface area (Å²) in [7, 11) is 0. The average Bonchev–Trinajstić information content (AvgIpc) is 2.82. The second-order valence-corrected chi connectivity index (χ2v) is 5.24. The van der Waals surface area contributed by atoms with Crippen molar-refractivity contribution in [1.29, 1.82) is 0 Å². The molecule has 0 unspecified atom stereocenters. The minimum Gasteiger partial charge on any atom is -0.494 e. The van der Waals surface area contributed by atoms with Gasteiger partial charge in [0.15, 0.2) is 0 Å². The Morgan fingerprint density at radius 2 is 2.11 bits per heavy atom. The summed E-state index contributed by atoms with van der Waals surface area (Å²) >= 11 is 1.64. The zero-order valence-corrected chi connectivity index (χ0v) is 11.4. The Bertz CT molecular complexity index is 721. The molecule has 1 heterocycles. The van der Waals surface area contributed by atoms with Gasteiger partial charge in [-0.1, -0.05) is 12.1 Å². The lowest BCUT2D eigenvalue weighted by Crippen LogP contribution is -1.90. The molecule has 0 saturated heterocycles. The highest BCUT2D eigenvalue weighted by atomic mass is 32.1. The molecule has 0 saturated carbocycles. The van der Waals surface area contributed by atoms with Gasteiger partial charge in [0, 0.05) is 11.3 Å². The van der Waals surface area contributed by atoms with E-state index in [1.165, 1.54) is 0 Å². The van der Waals surface area contributed by atoms with Crippen LogP contribution in [0, 0.1) is 0 Å². The van der Waals surface area contributed by atoms with Gasteiger partial charge in [-0.2, -0.15) is 0 Å². The van der Waals surface area contributed by atoms with Crippen LogP contribution in [0.3, 0.4) is 0 Å². The lowest BCUT2D eigenvalue weighted by Gasteiger charge is -2.03. The van der Waals surface area contributed by atoms with Crippen molar-refractivity contribution in [2.75, 3.05) is 12.3 Å². The molecule has 0 radical (unpaired) electrons. The molecule has 96 valence electrons. The van der Waals surface area contributed by atoms with Gasteiger partial charge in [0.25, 0.3) is 0 Å². The number of nitrogens with two attached hydrogens (primary N) is 1. The molecule has 0 aliphatic heterocycles. The first kappa shape index (κ1) is 12.0. The molecule has 3 rings (SSSR count). The maximum absolute atomic E-state index is 5.79. The Morgan fingerprint density at radius 3 is 2.95 bits per heavy atom. The molecule has 0 aliphatic rings. The van der Waals surface area contributed by atoms with Gasteiger partial charge < -0.3 is 10.5 Å². The number of rotatable bonds is 3. The van der Waals surface area contributed by atoms with Crippen LogP contribution in [0.15, 0.2) is 42.5 Å². The minimum absolute atomic E-state index is 0.666.